The lowest BCUT2D eigenvalue weighted by Gasteiger charge is -2.26. The topological polar surface area (TPSA) is 83.5 Å². The summed E-state index contributed by atoms with van der Waals surface area (Å²) >= 11 is 5.91. The molecular weight excluding hydrogens is 503 g/mol. The molecule has 1 N–H and O–H groups in total. The van der Waals surface area contributed by atoms with Crippen LogP contribution >= 0.6 is 11.6 Å². The molecule has 2 aromatic carbocycles. The number of alkyl halides is 3. The van der Waals surface area contributed by atoms with Gasteiger partial charge in [-0.15, -0.1) is 0 Å². The normalized spacial score (nSPS) is 15.2. The molecule has 3 rings (SSSR count). The van der Waals surface area contributed by atoms with Crippen LogP contribution < -0.4 is 15.1 Å². The maximum absolute atomic E-state index is 15.0. The first kappa shape index (κ1) is 26.2. The zero-order chi connectivity index (χ0) is 25.8. The highest BCUT2D eigenvalue weighted by Gasteiger charge is 2.30. The highest BCUT2D eigenvalue weighted by molar-refractivity contribution is 6.34. The second-order valence-corrected chi connectivity index (χ2v) is 7.58. The van der Waals surface area contributed by atoms with E-state index in [-0.39, 0.29) is 42.0 Å². The van der Waals surface area contributed by atoms with Gasteiger partial charge in [0.1, 0.15) is 24.0 Å². The Bertz CT molecular complexity index is 1150. The number of ether oxygens (including phenoxy) is 2. The molecule has 0 aliphatic carbocycles. The largest absolute Gasteiger partial charge is 0.483 e. The summed E-state index contributed by atoms with van der Waals surface area (Å²) in [7, 11) is 1.28. The molecule has 0 bridgehead atoms. The first-order chi connectivity index (χ1) is 16.5. The Hall–Kier alpha value is -3.45. The van der Waals surface area contributed by atoms with Crippen molar-refractivity contribution in [2.24, 2.45) is 5.10 Å². The number of morpholine rings is 1. The predicted molar refractivity (Wildman–Crippen MR) is 117 cm³/mol. The van der Waals surface area contributed by atoms with Crippen LogP contribution in [0.15, 0.2) is 35.4 Å². The lowest BCUT2D eigenvalue weighted by Crippen LogP contribution is -2.42. The fourth-order valence-corrected chi connectivity index (χ4v) is 3.16. The molecule has 0 spiro atoms. The van der Waals surface area contributed by atoms with Crippen LogP contribution in [0.4, 0.5) is 33.3 Å². The van der Waals surface area contributed by atoms with E-state index < -0.39 is 41.6 Å². The Balaban J connectivity index is 1.97. The summed E-state index contributed by atoms with van der Waals surface area (Å²) in [5.41, 5.74) is -1.14. The van der Waals surface area contributed by atoms with Crippen LogP contribution in [-0.2, 0) is 9.53 Å². The van der Waals surface area contributed by atoms with Crippen molar-refractivity contribution in [1.82, 2.24) is 4.90 Å². The first-order valence-corrected chi connectivity index (χ1v) is 10.3. The van der Waals surface area contributed by atoms with E-state index in [1.165, 1.54) is 11.9 Å². The summed E-state index contributed by atoms with van der Waals surface area (Å²) in [5, 5.41) is 7.20. The van der Waals surface area contributed by atoms with Gasteiger partial charge in [-0.2, -0.15) is 18.3 Å². The van der Waals surface area contributed by atoms with Crippen LogP contribution in [0.3, 0.4) is 0 Å². The van der Waals surface area contributed by atoms with Gasteiger partial charge in [0, 0.05) is 13.1 Å². The third kappa shape index (κ3) is 6.79. The zero-order valence-corrected chi connectivity index (χ0v) is 18.8. The molecule has 0 radical (unpaired) electrons. The van der Waals surface area contributed by atoms with Crippen LogP contribution in [0.25, 0.3) is 0 Å². The average Bonchev–Trinajstić information content (AvgIpc) is 2.80. The van der Waals surface area contributed by atoms with E-state index >= 15 is 0 Å². The molecular formula is C21H18ClF5N4O4. The molecule has 0 unspecified atom stereocenters. The van der Waals surface area contributed by atoms with Gasteiger partial charge in [-0.1, -0.05) is 11.6 Å². The van der Waals surface area contributed by atoms with Crippen molar-refractivity contribution in [3.8, 4) is 5.75 Å². The monoisotopic (exact) mass is 520 g/mol. The van der Waals surface area contributed by atoms with Crippen molar-refractivity contribution in [2.75, 3.05) is 43.7 Å². The Kier molecular flexibility index (Phi) is 8.12. The third-order valence-corrected chi connectivity index (χ3v) is 4.97. The molecule has 1 heterocycles. The summed E-state index contributed by atoms with van der Waals surface area (Å²) in [4.78, 5) is 25.2. The number of amidine groups is 1. The minimum atomic E-state index is -4.76. The van der Waals surface area contributed by atoms with Gasteiger partial charge in [0.05, 0.1) is 35.1 Å². The van der Waals surface area contributed by atoms with E-state index in [9.17, 15) is 31.5 Å². The lowest BCUT2D eigenvalue weighted by atomic mass is 10.1. The van der Waals surface area contributed by atoms with Crippen molar-refractivity contribution in [1.29, 1.82) is 0 Å². The predicted octanol–water partition coefficient (Wildman–Crippen LogP) is 4.05. The molecule has 14 heteroatoms. The number of hydrogen-bond donors (Lipinski definition) is 1. The van der Waals surface area contributed by atoms with Crippen LogP contribution in [0.2, 0.25) is 5.02 Å². The molecule has 0 aromatic heterocycles. The highest BCUT2D eigenvalue weighted by Crippen LogP contribution is 2.32. The average molecular weight is 521 g/mol. The minimum absolute atomic E-state index is 0.0559. The number of carbonyl (C=O) groups excluding carboxylic acids is 2. The first-order valence-electron chi connectivity index (χ1n) is 9.89. The molecule has 188 valence electrons. The minimum Gasteiger partial charge on any atom is -0.483 e. The van der Waals surface area contributed by atoms with Gasteiger partial charge in [-0.05, 0) is 24.3 Å². The molecule has 1 aliphatic rings. The van der Waals surface area contributed by atoms with E-state index in [4.69, 9.17) is 21.1 Å². The van der Waals surface area contributed by atoms with Crippen molar-refractivity contribution in [3.05, 3.63) is 52.6 Å². The number of nitrogens with one attached hydrogen (secondary N) is 1. The van der Waals surface area contributed by atoms with Gasteiger partial charge in [-0.3, -0.25) is 19.5 Å². The maximum atomic E-state index is 15.0. The number of hydrazone groups is 1. The van der Waals surface area contributed by atoms with E-state index in [1.54, 1.807) is 0 Å². The van der Waals surface area contributed by atoms with Gasteiger partial charge in [0.25, 0.3) is 5.91 Å². The quantitative estimate of drug-likeness (QED) is 0.338. The van der Waals surface area contributed by atoms with Crippen molar-refractivity contribution < 1.29 is 41.0 Å². The Morgan fingerprint density at radius 2 is 2.06 bits per heavy atom. The van der Waals surface area contributed by atoms with Crippen LogP contribution in [-0.4, -0.2) is 62.6 Å². The van der Waals surface area contributed by atoms with Crippen molar-refractivity contribution in [3.63, 3.8) is 0 Å². The van der Waals surface area contributed by atoms with Crippen LogP contribution in [0.5, 0.6) is 5.75 Å². The summed E-state index contributed by atoms with van der Waals surface area (Å²) < 4.78 is 76.9. The van der Waals surface area contributed by atoms with E-state index in [0.717, 1.165) is 29.3 Å². The summed E-state index contributed by atoms with van der Waals surface area (Å²) in [6, 6.07) is 4.57. The second-order valence-electron chi connectivity index (χ2n) is 7.17. The molecule has 0 atom stereocenters. The molecule has 0 saturated carbocycles. The number of halogens is 6. The van der Waals surface area contributed by atoms with Gasteiger partial charge in [0.2, 0.25) is 6.41 Å². The molecule has 2 aromatic rings. The van der Waals surface area contributed by atoms with Gasteiger partial charge >= 0.3 is 6.18 Å². The highest BCUT2D eigenvalue weighted by atomic mass is 35.5. The molecule has 1 saturated heterocycles. The standard InChI is InChI=1S/C21H18ClF5N4O4/c1-30(29-19-9-34-5-4-31(19)11-32)17-8-18(35-10-21(25,26)27)13(7-15(17)24)20(33)28-16-6-12(23)2-3-14(16)22/h2-3,6-8,11H,4-5,9-10H2,1H3,(H,28,33)/b29-19-. The number of nitrogens with zero attached hydrogens (tertiary/aromatic N) is 3. The van der Waals surface area contributed by atoms with Gasteiger partial charge in [-0.25, -0.2) is 8.78 Å². The second kappa shape index (κ2) is 10.9. The summed E-state index contributed by atoms with van der Waals surface area (Å²) in [5.74, 6) is -3.36. The fourth-order valence-electron chi connectivity index (χ4n) is 3.00. The summed E-state index contributed by atoms with van der Waals surface area (Å²) in [6.45, 7) is -1.36. The van der Waals surface area contributed by atoms with Crippen LogP contribution in [0, 0.1) is 11.6 Å². The number of anilines is 2. The molecule has 8 nitrogen and oxygen atoms in total. The molecule has 2 amide bonds. The smallest absolute Gasteiger partial charge is 0.422 e. The SMILES string of the molecule is CN(/N=C1/COCCN1C=O)c1cc(OCC(F)(F)F)c(C(=O)Nc2cc(F)ccc2Cl)cc1F. The van der Waals surface area contributed by atoms with E-state index in [1.807, 2.05) is 0 Å². The maximum Gasteiger partial charge on any atom is 0.422 e. The lowest BCUT2D eigenvalue weighted by molar-refractivity contribution is -0.153. The van der Waals surface area contributed by atoms with Crippen LogP contribution in [0.1, 0.15) is 10.4 Å². The summed E-state index contributed by atoms with van der Waals surface area (Å²) in [6.07, 6.45) is -4.25. The van der Waals surface area contributed by atoms with E-state index in [0.29, 0.717) is 12.5 Å². The Morgan fingerprint density at radius 3 is 2.74 bits per heavy atom. The van der Waals surface area contributed by atoms with Crippen molar-refractivity contribution in [2.45, 2.75) is 6.18 Å². The van der Waals surface area contributed by atoms with Crippen molar-refractivity contribution >= 4 is 41.1 Å². The fraction of sp³-hybridized carbons (Fsp3) is 0.286. The third-order valence-electron chi connectivity index (χ3n) is 4.64. The van der Waals surface area contributed by atoms with E-state index in [2.05, 4.69) is 10.4 Å². The number of amides is 2. The molecule has 1 fully saturated rings. The molecule has 35 heavy (non-hydrogen) atoms. The Morgan fingerprint density at radius 1 is 1.31 bits per heavy atom. The number of carbonyl (C=O) groups is 2. The van der Waals surface area contributed by atoms with Gasteiger partial charge in [0.15, 0.2) is 12.4 Å². The van der Waals surface area contributed by atoms with Gasteiger partial charge < -0.3 is 14.8 Å². The zero-order valence-electron chi connectivity index (χ0n) is 18.0. The number of rotatable bonds is 7. The number of hydrogen-bond acceptors (Lipinski definition) is 6. The number of benzene rings is 2. The molecule has 1 aliphatic heterocycles. The Labute approximate surface area is 200 Å².